The monoisotopic (exact) mass is 574 g/mol. The van der Waals surface area contributed by atoms with Gasteiger partial charge in [-0.15, -0.1) is 12.4 Å². The Balaban J connectivity index is 0.000000325. The lowest BCUT2D eigenvalue weighted by Gasteiger charge is -2.05. The third kappa shape index (κ3) is 12.9. The molecule has 4 aromatic rings. The SMILES string of the molecule is CCOC(=O)CCCN.CCOC(=O)CCCNCc1ccc2ccoc2c1.Cl.O=Cc1ccc2ccoc2c1. The first-order chi connectivity index (χ1) is 19.0. The predicted octanol–water partition coefficient (Wildman–Crippen LogP) is 5.82. The van der Waals surface area contributed by atoms with Crippen LogP contribution in [0, 0.1) is 0 Å². The van der Waals surface area contributed by atoms with Gasteiger partial charge in [0.1, 0.15) is 17.5 Å². The highest BCUT2D eigenvalue weighted by Crippen LogP contribution is 2.17. The first-order valence-electron chi connectivity index (χ1n) is 13.1. The molecule has 3 N–H and O–H groups in total. The van der Waals surface area contributed by atoms with Gasteiger partial charge < -0.3 is 29.4 Å². The minimum Gasteiger partial charge on any atom is -0.466 e. The summed E-state index contributed by atoms with van der Waals surface area (Å²) in [6, 6.07) is 15.3. The van der Waals surface area contributed by atoms with Crippen molar-refractivity contribution in [1.29, 1.82) is 0 Å². The van der Waals surface area contributed by atoms with Crippen LogP contribution in [0.4, 0.5) is 0 Å². The summed E-state index contributed by atoms with van der Waals surface area (Å²) in [5, 5.41) is 5.45. The number of rotatable bonds is 12. The maximum absolute atomic E-state index is 11.1. The Hall–Kier alpha value is -3.66. The van der Waals surface area contributed by atoms with Gasteiger partial charge in [0.05, 0.1) is 25.7 Å². The number of halogens is 1. The lowest BCUT2D eigenvalue weighted by molar-refractivity contribution is -0.144. The van der Waals surface area contributed by atoms with E-state index in [1.54, 1.807) is 31.6 Å². The number of nitrogens with one attached hydrogen (secondary N) is 1. The van der Waals surface area contributed by atoms with Crippen molar-refractivity contribution in [3.8, 4) is 0 Å². The lowest BCUT2D eigenvalue weighted by Crippen LogP contribution is -2.16. The van der Waals surface area contributed by atoms with Gasteiger partial charge in [-0.1, -0.05) is 24.3 Å². The molecule has 0 aliphatic carbocycles. The molecule has 0 aliphatic heterocycles. The van der Waals surface area contributed by atoms with Crippen molar-refractivity contribution < 1.29 is 32.7 Å². The highest BCUT2D eigenvalue weighted by Gasteiger charge is 2.02. The van der Waals surface area contributed by atoms with Crippen LogP contribution in [0.2, 0.25) is 0 Å². The Bertz CT molecular complexity index is 1290. The van der Waals surface area contributed by atoms with Gasteiger partial charge in [0.25, 0.3) is 0 Å². The maximum atomic E-state index is 11.1. The van der Waals surface area contributed by atoms with E-state index in [1.807, 2.05) is 31.2 Å². The average molecular weight is 575 g/mol. The van der Waals surface area contributed by atoms with E-state index in [9.17, 15) is 14.4 Å². The second-order valence-corrected chi connectivity index (χ2v) is 8.41. The Labute approximate surface area is 240 Å². The number of aldehydes is 1. The van der Waals surface area contributed by atoms with Crippen molar-refractivity contribution in [3.05, 3.63) is 72.2 Å². The van der Waals surface area contributed by atoms with Crippen molar-refractivity contribution in [2.24, 2.45) is 5.73 Å². The Kier molecular flexibility index (Phi) is 17.4. The summed E-state index contributed by atoms with van der Waals surface area (Å²) >= 11 is 0. The van der Waals surface area contributed by atoms with Crippen LogP contribution in [-0.4, -0.2) is 44.5 Å². The first kappa shape index (κ1) is 34.4. The number of carbonyl (C=O) groups is 3. The molecule has 0 saturated carbocycles. The highest BCUT2D eigenvalue weighted by atomic mass is 35.5. The smallest absolute Gasteiger partial charge is 0.305 e. The molecule has 10 heteroatoms. The number of benzene rings is 2. The molecule has 2 heterocycles. The summed E-state index contributed by atoms with van der Waals surface area (Å²) in [5.74, 6) is -0.274. The van der Waals surface area contributed by atoms with Crippen LogP contribution in [0.3, 0.4) is 0 Å². The lowest BCUT2D eigenvalue weighted by atomic mass is 10.1. The summed E-state index contributed by atoms with van der Waals surface area (Å²) in [6.07, 6.45) is 6.55. The molecule has 0 aliphatic rings. The first-order valence-corrected chi connectivity index (χ1v) is 13.1. The number of nitrogens with two attached hydrogens (primary N) is 1. The van der Waals surface area contributed by atoms with E-state index < -0.39 is 0 Å². The van der Waals surface area contributed by atoms with E-state index in [0.717, 1.165) is 54.2 Å². The summed E-state index contributed by atoms with van der Waals surface area (Å²) in [7, 11) is 0. The van der Waals surface area contributed by atoms with Gasteiger partial charge in [-0.3, -0.25) is 14.4 Å². The number of furan rings is 2. The minimum absolute atomic E-state index is 0. The molecule has 0 saturated heterocycles. The molecule has 9 nitrogen and oxygen atoms in total. The van der Waals surface area contributed by atoms with Crippen LogP contribution in [0.25, 0.3) is 21.9 Å². The van der Waals surface area contributed by atoms with Crippen molar-refractivity contribution in [1.82, 2.24) is 5.32 Å². The molecule has 40 heavy (non-hydrogen) atoms. The molecular formula is C30H39ClN2O7. The van der Waals surface area contributed by atoms with Crippen LogP contribution < -0.4 is 11.1 Å². The van der Waals surface area contributed by atoms with E-state index in [1.165, 1.54) is 5.56 Å². The number of esters is 2. The quantitative estimate of drug-likeness (QED) is 0.122. The van der Waals surface area contributed by atoms with Gasteiger partial charge in [0, 0.05) is 35.7 Å². The summed E-state index contributed by atoms with van der Waals surface area (Å²) < 4.78 is 20.0. The fraction of sp³-hybridized carbons (Fsp3) is 0.367. The summed E-state index contributed by atoms with van der Waals surface area (Å²) in [5.41, 5.74) is 8.66. The predicted molar refractivity (Wildman–Crippen MR) is 158 cm³/mol. The Morgan fingerprint density at radius 1 is 0.850 bits per heavy atom. The Morgan fingerprint density at radius 2 is 1.43 bits per heavy atom. The molecule has 0 fully saturated rings. The standard InChI is InChI=1S/C15H19NO3.C9H6O2.C6H13NO2.ClH/c1-2-18-15(17)4-3-8-16-11-12-5-6-13-7-9-19-14(13)10-12;10-6-7-1-2-8-3-4-11-9(8)5-7;1-2-9-6(8)4-3-5-7;/h5-7,9-10,16H,2-4,8,11H2,1H3;1-6H;2-5,7H2,1H3;1H. The van der Waals surface area contributed by atoms with Gasteiger partial charge in [0.2, 0.25) is 0 Å². The largest absolute Gasteiger partial charge is 0.466 e. The molecule has 218 valence electrons. The zero-order valence-electron chi connectivity index (χ0n) is 23.1. The summed E-state index contributed by atoms with van der Waals surface area (Å²) in [4.78, 5) is 32.0. The van der Waals surface area contributed by atoms with Gasteiger partial charge in [0.15, 0.2) is 0 Å². The van der Waals surface area contributed by atoms with Crippen LogP contribution in [-0.2, 0) is 25.6 Å². The molecule has 0 spiro atoms. The van der Waals surface area contributed by atoms with E-state index in [4.69, 9.17) is 19.3 Å². The number of hydrogen-bond donors (Lipinski definition) is 2. The van der Waals surface area contributed by atoms with Crippen molar-refractivity contribution >= 4 is 52.6 Å². The van der Waals surface area contributed by atoms with Gasteiger partial charge in [-0.05, 0) is 69.6 Å². The molecule has 2 aromatic heterocycles. The molecule has 0 atom stereocenters. The minimum atomic E-state index is -0.150. The third-order valence-corrected chi connectivity index (χ3v) is 5.40. The topological polar surface area (TPSA) is 134 Å². The van der Waals surface area contributed by atoms with E-state index in [-0.39, 0.29) is 24.3 Å². The number of hydrogen-bond acceptors (Lipinski definition) is 9. The average Bonchev–Trinajstić information content (AvgIpc) is 3.61. The van der Waals surface area contributed by atoms with Crippen LogP contribution in [0.15, 0.2) is 69.9 Å². The maximum Gasteiger partial charge on any atom is 0.305 e. The van der Waals surface area contributed by atoms with Crippen LogP contribution in [0.5, 0.6) is 0 Å². The molecule has 0 bridgehead atoms. The molecular weight excluding hydrogens is 536 g/mol. The molecule has 0 amide bonds. The fourth-order valence-corrected chi connectivity index (χ4v) is 3.46. The third-order valence-electron chi connectivity index (χ3n) is 5.40. The van der Waals surface area contributed by atoms with Crippen molar-refractivity contribution in [2.45, 2.75) is 46.1 Å². The van der Waals surface area contributed by atoms with Crippen molar-refractivity contribution in [3.63, 3.8) is 0 Å². The molecule has 4 rings (SSSR count). The van der Waals surface area contributed by atoms with Crippen LogP contribution >= 0.6 is 12.4 Å². The van der Waals surface area contributed by atoms with Crippen LogP contribution in [0.1, 0.15) is 55.5 Å². The second-order valence-electron chi connectivity index (χ2n) is 8.41. The molecule has 0 unspecified atom stereocenters. The number of fused-ring (bicyclic) bond motifs is 2. The van der Waals surface area contributed by atoms with Crippen molar-refractivity contribution in [2.75, 3.05) is 26.3 Å². The second kappa shape index (κ2) is 20.3. The molecule has 2 aromatic carbocycles. The fourth-order valence-electron chi connectivity index (χ4n) is 3.46. The van der Waals surface area contributed by atoms with Gasteiger partial charge >= 0.3 is 11.9 Å². The van der Waals surface area contributed by atoms with E-state index >= 15 is 0 Å². The zero-order chi connectivity index (χ0) is 28.3. The molecule has 0 radical (unpaired) electrons. The van der Waals surface area contributed by atoms with E-state index in [2.05, 4.69) is 22.2 Å². The summed E-state index contributed by atoms with van der Waals surface area (Å²) in [6.45, 7) is 6.66. The number of ether oxygens (including phenoxy) is 2. The normalized spacial score (nSPS) is 9.97. The van der Waals surface area contributed by atoms with E-state index in [0.29, 0.717) is 38.2 Å². The zero-order valence-corrected chi connectivity index (χ0v) is 23.9. The van der Waals surface area contributed by atoms with Gasteiger partial charge in [-0.25, -0.2) is 0 Å². The Morgan fingerprint density at radius 3 is 2.00 bits per heavy atom. The van der Waals surface area contributed by atoms with Gasteiger partial charge in [-0.2, -0.15) is 0 Å². The number of carbonyl (C=O) groups excluding carboxylic acids is 3. The highest BCUT2D eigenvalue weighted by molar-refractivity contribution is 5.86.